The molecule has 39 heavy (non-hydrogen) atoms. The van der Waals surface area contributed by atoms with E-state index in [0.717, 1.165) is 22.9 Å². The van der Waals surface area contributed by atoms with Crippen LogP contribution in [0.3, 0.4) is 0 Å². The summed E-state index contributed by atoms with van der Waals surface area (Å²) in [5.74, 6) is -1.99. The van der Waals surface area contributed by atoms with Crippen LogP contribution in [0, 0.1) is 23.0 Å². The maximum absolute atomic E-state index is 15.7. The maximum atomic E-state index is 15.7. The number of aliphatic carboxylic acids is 1. The van der Waals surface area contributed by atoms with Gasteiger partial charge in [-0.15, -0.1) is 0 Å². The number of ether oxygens (including phenoxy) is 3. The van der Waals surface area contributed by atoms with Crippen molar-refractivity contribution in [2.75, 3.05) is 14.2 Å². The third kappa shape index (κ3) is 4.75. The van der Waals surface area contributed by atoms with Crippen molar-refractivity contribution in [2.45, 2.75) is 58.2 Å². The summed E-state index contributed by atoms with van der Waals surface area (Å²) >= 11 is 0. The second-order valence-corrected chi connectivity index (χ2v) is 11.6. The highest BCUT2D eigenvalue weighted by molar-refractivity contribution is 5.78. The van der Waals surface area contributed by atoms with Crippen molar-refractivity contribution in [3.8, 4) is 22.8 Å². The van der Waals surface area contributed by atoms with E-state index in [1.165, 1.54) is 7.11 Å². The van der Waals surface area contributed by atoms with Gasteiger partial charge in [0.05, 0.1) is 25.3 Å². The highest BCUT2D eigenvalue weighted by Gasteiger charge is 2.63. The number of fused-ring (bicyclic) bond motifs is 2. The summed E-state index contributed by atoms with van der Waals surface area (Å²) in [7, 11) is 3.09. The molecule has 1 saturated carbocycles. The molecule has 2 aromatic carbocycles. The van der Waals surface area contributed by atoms with E-state index in [-0.39, 0.29) is 23.9 Å². The van der Waals surface area contributed by atoms with Gasteiger partial charge in [0, 0.05) is 29.7 Å². The van der Waals surface area contributed by atoms with Crippen molar-refractivity contribution >= 4 is 5.97 Å². The van der Waals surface area contributed by atoms with Crippen LogP contribution in [0.2, 0.25) is 0 Å². The Kier molecular flexibility index (Phi) is 6.87. The molecule has 5 rings (SSSR count). The van der Waals surface area contributed by atoms with E-state index in [9.17, 15) is 14.3 Å². The maximum Gasteiger partial charge on any atom is 0.307 e. The van der Waals surface area contributed by atoms with Crippen LogP contribution < -0.4 is 9.47 Å². The summed E-state index contributed by atoms with van der Waals surface area (Å²) < 4.78 is 47.7. The van der Waals surface area contributed by atoms with Crippen LogP contribution in [-0.4, -0.2) is 30.3 Å². The van der Waals surface area contributed by atoms with Crippen molar-refractivity contribution in [3.63, 3.8) is 0 Å². The van der Waals surface area contributed by atoms with Crippen LogP contribution in [0.25, 0.3) is 11.1 Å². The fourth-order valence-corrected chi connectivity index (χ4v) is 6.13. The molecule has 0 bridgehead atoms. The lowest BCUT2D eigenvalue weighted by Crippen LogP contribution is -2.21. The molecule has 1 heterocycles. The first kappa shape index (κ1) is 27.1. The quantitative estimate of drug-likeness (QED) is 0.347. The molecular weight excluding hydrogens is 504 g/mol. The molecule has 3 aromatic rings. The van der Waals surface area contributed by atoms with Gasteiger partial charge in [-0.3, -0.25) is 4.79 Å². The van der Waals surface area contributed by atoms with Gasteiger partial charge >= 0.3 is 5.97 Å². The number of halogens is 2. The zero-order valence-corrected chi connectivity index (χ0v) is 22.8. The number of pyridine rings is 1. The van der Waals surface area contributed by atoms with Crippen LogP contribution in [0.5, 0.6) is 11.6 Å². The van der Waals surface area contributed by atoms with Crippen LogP contribution >= 0.6 is 0 Å². The van der Waals surface area contributed by atoms with Crippen molar-refractivity contribution in [1.82, 2.24) is 4.98 Å². The molecule has 0 aliphatic heterocycles. The molecule has 3 atom stereocenters. The van der Waals surface area contributed by atoms with Gasteiger partial charge in [-0.2, -0.15) is 0 Å². The minimum atomic E-state index is -0.879. The summed E-state index contributed by atoms with van der Waals surface area (Å²) in [6.07, 6.45) is 2.52. The molecule has 1 fully saturated rings. The predicted octanol–water partition coefficient (Wildman–Crippen LogP) is 6.64. The van der Waals surface area contributed by atoms with Gasteiger partial charge in [0.2, 0.25) is 5.88 Å². The van der Waals surface area contributed by atoms with Crippen molar-refractivity contribution in [2.24, 2.45) is 11.3 Å². The van der Waals surface area contributed by atoms with Gasteiger partial charge in [-0.1, -0.05) is 39.0 Å². The highest BCUT2D eigenvalue weighted by atomic mass is 19.1. The van der Waals surface area contributed by atoms with Gasteiger partial charge in [0.15, 0.2) is 11.6 Å². The molecule has 8 heteroatoms. The summed E-state index contributed by atoms with van der Waals surface area (Å²) in [4.78, 5) is 15.6. The average Bonchev–Trinajstić information content (AvgIpc) is 3.50. The van der Waals surface area contributed by atoms with Crippen LogP contribution in [0.4, 0.5) is 8.78 Å². The van der Waals surface area contributed by atoms with Crippen molar-refractivity contribution < 1.29 is 32.9 Å². The van der Waals surface area contributed by atoms with Crippen LogP contribution in [0.15, 0.2) is 42.6 Å². The molecule has 2 aliphatic carbocycles. The first-order valence-electron chi connectivity index (χ1n) is 13.0. The molecular formula is C31H33F2NO5. The Labute approximate surface area is 226 Å². The SMILES string of the molecule is COc1cc(-c2ccc(COc3ccc4c(c3F)[C@]3(CC4)C[C@H]3C(=O)O)cc2[C@H](OC)C(C)(C)C)c(F)cn1. The fourth-order valence-electron chi connectivity index (χ4n) is 6.13. The molecule has 2 aliphatic rings. The number of hydrogen-bond acceptors (Lipinski definition) is 5. The highest BCUT2D eigenvalue weighted by Crippen LogP contribution is 2.62. The van der Waals surface area contributed by atoms with E-state index in [0.29, 0.717) is 41.8 Å². The number of methoxy groups -OCH3 is 2. The number of carbonyl (C=O) groups is 1. The molecule has 0 amide bonds. The monoisotopic (exact) mass is 537 g/mol. The van der Waals surface area contributed by atoms with E-state index in [1.807, 2.05) is 39.0 Å². The predicted molar refractivity (Wildman–Crippen MR) is 142 cm³/mol. The summed E-state index contributed by atoms with van der Waals surface area (Å²) in [5.41, 5.74) is 2.91. The Balaban J connectivity index is 1.48. The number of aromatic nitrogens is 1. The largest absolute Gasteiger partial charge is 0.486 e. The smallest absolute Gasteiger partial charge is 0.307 e. The van der Waals surface area contributed by atoms with E-state index in [2.05, 4.69) is 4.98 Å². The van der Waals surface area contributed by atoms with Crippen molar-refractivity contribution in [1.29, 1.82) is 0 Å². The number of hydrogen-bond donors (Lipinski definition) is 1. The zero-order chi connectivity index (χ0) is 28.1. The molecule has 0 unspecified atom stereocenters. The summed E-state index contributed by atoms with van der Waals surface area (Å²) in [5, 5.41) is 9.52. The Hall–Kier alpha value is -3.52. The number of aryl methyl sites for hydroxylation is 1. The molecule has 6 nitrogen and oxygen atoms in total. The third-order valence-electron chi connectivity index (χ3n) is 8.05. The zero-order valence-electron chi connectivity index (χ0n) is 22.8. The Morgan fingerprint density at radius 3 is 2.56 bits per heavy atom. The third-order valence-corrected chi connectivity index (χ3v) is 8.05. The standard InChI is InChI=1S/C31H33F2NO5/c1-30(2,3)28(38-5)21-12-17(6-8-19(21)20-13-25(37-4)34-15-23(20)32)16-39-24-9-7-18-10-11-31(26(18)27(24)33)14-22(31)29(35)36/h6-9,12-13,15,22,28H,10-11,14,16H2,1-5H3,(H,35,36)/t22-,28-,31+/m0/s1. The number of rotatable bonds is 8. The number of carboxylic acids is 1. The van der Waals surface area contributed by atoms with Gasteiger partial charge in [0.1, 0.15) is 12.4 Å². The fraction of sp³-hybridized carbons (Fsp3) is 0.419. The second-order valence-electron chi connectivity index (χ2n) is 11.6. The minimum absolute atomic E-state index is 0.0705. The Morgan fingerprint density at radius 1 is 1.15 bits per heavy atom. The van der Waals surface area contributed by atoms with Gasteiger partial charge < -0.3 is 19.3 Å². The van der Waals surface area contributed by atoms with Gasteiger partial charge in [-0.25, -0.2) is 13.8 Å². The van der Waals surface area contributed by atoms with Crippen LogP contribution in [-0.2, 0) is 28.0 Å². The normalized spacial score (nSPS) is 20.5. The average molecular weight is 538 g/mol. The van der Waals surface area contributed by atoms with E-state index in [1.54, 1.807) is 25.3 Å². The number of nitrogens with zero attached hydrogens (tertiary/aromatic N) is 1. The van der Waals surface area contributed by atoms with E-state index in [4.69, 9.17) is 14.2 Å². The van der Waals surface area contributed by atoms with Crippen molar-refractivity contribution in [3.05, 3.63) is 76.5 Å². The van der Waals surface area contributed by atoms with Crippen LogP contribution in [0.1, 0.15) is 62.0 Å². The molecule has 1 N–H and O–H groups in total. The molecule has 0 radical (unpaired) electrons. The lowest BCUT2D eigenvalue weighted by Gasteiger charge is -2.32. The van der Waals surface area contributed by atoms with E-state index < -0.39 is 28.9 Å². The molecule has 206 valence electrons. The number of carboxylic acid groups (broad SMARTS) is 1. The number of benzene rings is 2. The second kappa shape index (κ2) is 9.90. The first-order chi connectivity index (χ1) is 18.5. The van der Waals surface area contributed by atoms with E-state index >= 15 is 4.39 Å². The molecule has 1 aromatic heterocycles. The topological polar surface area (TPSA) is 77.9 Å². The lowest BCUT2D eigenvalue weighted by molar-refractivity contribution is -0.139. The first-order valence-corrected chi connectivity index (χ1v) is 13.0. The Morgan fingerprint density at radius 2 is 1.92 bits per heavy atom. The van der Waals surface area contributed by atoms with Gasteiger partial charge in [-0.05, 0) is 59.1 Å². The lowest BCUT2D eigenvalue weighted by atomic mass is 9.81. The minimum Gasteiger partial charge on any atom is -0.486 e. The molecule has 0 saturated heterocycles. The van der Waals surface area contributed by atoms with Gasteiger partial charge in [0.25, 0.3) is 0 Å². The summed E-state index contributed by atoms with van der Waals surface area (Å²) in [6.45, 7) is 6.18. The molecule has 1 spiro atoms. The Bertz CT molecular complexity index is 1430. The summed E-state index contributed by atoms with van der Waals surface area (Å²) in [6, 6.07) is 10.5.